The molecule has 0 unspecified atom stereocenters. The summed E-state index contributed by atoms with van der Waals surface area (Å²) in [4.78, 5) is 14.8. The number of aromatic nitrogens is 3. The molecular weight excluding hydrogens is 324 g/mol. The summed E-state index contributed by atoms with van der Waals surface area (Å²) < 4.78 is 1.64. The summed E-state index contributed by atoms with van der Waals surface area (Å²) in [5.74, 6) is -0.0626. The second kappa shape index (κ2) is 7.35. The molecule has 5 nitrogen and oxygen atoms in total. The molecule has 0 N–H and O–H groups in total. The molecule has 26 heavy (non-hydrogen) atoms. The van der Waals surface area contributed by atoms with Gasteiger partial charge in [0, 0.05) is 12.6 Å². The van der Waals surface area contributed by atoms with Gasteiger partial charge in [0.15, 0.2) is 5.69 Å². The average molecular weight is 344 g/mol. The van der Waals surface area contributed by atoms with E-state index in [1.54, 1.807) is 10.9 Å². The monoisotopic (exact) mass is 344 g/mol. The second-order valence-corrected chi connectivity index (χ2v) is 6.39. The number of para-hydroxylation sites is 1. The van der Waals surface area contributed by atoms with Gasteiger partial charge in [-0.05, 0) is 30.5 Å². The van der Waals surface area contributed by atoms with Gasteiger partial charge < -0.3 is 4.90 Å². The van der Waals surface area contributed by atoms with Crippen molar-refractivity contribution in [1.29, 1.82) is 0 Å². The lowest BCUT2D eigenvalue weighted by atomic mass is 10.2. The van der Waals surface area contributed by atoms with Crippen molar-refractivity contribution in [2.75, 3.05) is 6.54 Å². The Bertz CT molecular complexity index is 898. The number of nitrogens with zero attached hydrogens (tertiary/aromatic N) is 4. The van der Waals surface area contributed by atoms with Crippen LogP contribution in [0.15, 0.2) is 72.9 Å². The van der Waals surface area contributed by atoms with Gasteiger partial charge in [0.1, 0.15) is 0 Å². The second-order valence-electron chi connectivity index (χ2n) is 6.39. The van der Waals surface area contributed by atoms with Crippen LogP contribution in [0.1, 0.15) is 28.9 Å². The highest BCUT2D eigenvalue weighted by Gasteiger charge is 2.33. The van der Waals surface area contributed by atoms with E-state index >= 15 is 0 Å². The molecule has 1 saturated carbocycles. The molecular formula is C21H20N4O. The Morgan fingerprint density at radius 2 is 1.77 bits per heavy atom. The summed E-state index contributed by atoms with van der Waals surface area (Å²) in [6, 6.07) is 20.1. The number of rotatable bonds is 6. The van der Waals surface area contributed by atoms with Gasteiger partial charge in [0.25, 0.3) is 5.91 Å². The van der Waals surface area contributed by atoms with Crippen molar-refractivity contribution in [2.24, 2.45) is 0 Å². The third-order valence-electron chi connectivity index (χ3n) is 4.39. The van der Waals surface area contributed by atoms with Crippen LogP contribution in [0.25, 0.3) is 11.8 Å². The molecule has 5 heteroatoms. The van der Waals surface area contributed by atoms with Gasteiger partial charge in [-0.1, -0.05) is 65.9 Å². The van der Waals surface area contributed by atoms with Crippen LogP contribution in [0.3, 0.4) is 0 Å². The minimum absolute atomic E-state index is 0.0626. The molecule has 1 fully saturated rings. The van der Waals surface area contributed by atoms with E-state index < -0.39 is 0 Å². The zero-order valence-corrected chi connectivity index (χ0v) is 14.4. The van der Waals surface area contributed by atoms with Gasteiger partial charge in [0.05, 0.1) is 11.9 Å². The summed E-state index contributed by atoms with van der Waals surface area (Å²) in [6.45, 7) is 0.580. The molecule has 130 valence electrons. The molecule has 0 spiro atoms. The summed E-state index contributed by atoms with van der Waals surface area (Å²) in [7, 11) is 0. The maximum Gasteiger partial charge on any atom is 0.276 e. The normalized spacial score (nSPS) is 13.8. The lowest BCUT2D eigenvalue weighted by Gasteiger charge is -2.19. The number of hydrogen-bond donors (Lipinski definition) is 0. The summed E-state index contributed by atoms with van der Waals surface area (Å²) in [6.07, 6.45) is 7.89. The largest absolute Gasteiger partial charge is 0.330 e. The van der Waals surface area contributed by atoms with Crippen molar-refractivity contribution in [3.8, 4) is 5.69 Å². The Balaban J connectivity index is 1.48. The van der Waals surface area contributed by atoms with Gasteiger partial charge in [-0.25, -0.2) is 4.68 Å². The molecule has 2 aromatic carbocycles. The SMILES string of the molecule is O=C(c1cn(-c2ccccc2)nn1)N(C/C=C/c1ccccc1)C1CC1. The van der Waals surface area contributed by atoms with Crippen LogP contribution in [-0.2, 0) is 0 Å². The summed E-state index contributed by atoms with van der Waals surface area (Å²) in [5.41, 5.74) is 2.40. The van der Waals surface area contributed by atoms with Crippen LogP contribution in [0, 0.1) is 0 Å². The highest BCUT2D eigenvalue weighted by atomic mass is 16.2. The third-order valence-corrected chi connectivity index (χ3v) is 4.39. The van der Waals surface area contributed by atoms with E-state index in [-0.39, 0.29) is 5.91 Å². The number of benzene rings is 2. The summed E-state index contributed by atoms with van der Waals surface area (Å²) >= 11 is 0. The lowest BCUT2D eigenvalue weighted by molar-refractivity contribution is 0.0757. The Kier molecular flexibility index (Phi) is 4.60. The van der Waals surface area contributed by atoms with Gasteiger partial charge in [-0.3, -0.25) is 4.79 Å². The van der Waals surface area contributed by atoms with Gasteiger partial charge >= 0.3 is 0 Å². The Morgan fingerprint density at radius 1 is 1.08 bits per heavy atom. The van der Waals surface area contributed by atoms with Crippen molar-refractivity contribution in [3.05, 3.63) is 84.2 Å². The molecule has 0 radical (unpaired) electrons. The highest BCUT2D eigenvalue weighted by Crippen LogP contribution is 2.28. The smallest absolute Gasteiger partial charge is 0.276 e. The molecule has 0 saturated heterocycles. The van der Waals surface area contributed by atoms with Crippen LogP contribution in [0.4, 0.5) is 0 Å². The predicted octanol–water partition coefficient (Wildman–Crippen LogP) is 3.59. The van der Waals surface area contributed by atoms with E-state index in [1.165, 1.54) is 0 Å². The van der Waals surface area contributed by atoms with E-state index in [9.17, 15) is 4.79 Å². The van der Waals surface area contributed by atoms with Crippen molar-refractivity contribution in [1.82, 2.24) is 19.9 Å². The van der Waals surface area contributed by atoms with Gasteiger partial charge in [-0.15, -0.1) is 5.10 Å². The molecule has 0 atom stereocenters. The van der Waals surface area contributed by atoms with E-state index in [4.69, 9.17) is 0 Å². The fraction of sp³-hybridized carbons (Fsp3) is 0.190. The number of carbonyl (C=O) groups is 1. The quantitative estimate of drug-likeness (QED) is 0.687. The van der Waals surface area contributed by atoms with Crippen LogP contribution >= 0.6 is 0 Å². The molecule has 1 aliphatic rings. The Labute approximate surface area is 152 Å². The molecule has 1 aliphatic carbocycles. The third kappa shape index (κ3) is 3.72. The minimum Gasteiger partial charge on any atom is -0.330 e. The van der Waals surface area contributed by atoms with Crippen LogP contribution in [0.2, 0.25) is 0 Å². The van der Waals surface area contributed by atoms with E-state index in [1.807, 2.05) is 77.7 Å². The number of carbonyl (C=O) groups excluding carboxylic acids is 1. The Hall–Kier alpha value is -3.21. The van der Waals surface area contributed by atoms with Crippen molar-refractivity contribution >= 4 is 12.0 Å². The average Bonchev–Trinajstić information content (AvgIpc) is 3.41. The van der Waals surface area contributed by atoms with E-state index in [0.717, 1.165) is 24.1 Å². The van der Waals surface area contributed by atoms with E-state index in [0.29, 0.717) is 18.3 Å². The zero-order valence-electron chi connectivity index (χ0n) is 14.4. The molecule has 1 amide bonds. The molecule has 1 aromatic heterocycles. The van der Waals surface area contributed by atoms with Crippen LogP contribution in [-0.4, -0.2) is 38.4 Å². The van der Waals surface area contributed by atoms with Crippen molar-refractivity contribution in [2.45, 2.75) is 18.9 Å². The van der Waals surface area contributed by atoms with Crippen LogP contribution in [0.5, 0.6) is 0 Å². The fourth-order valence-electron chi connectivity index (χ4n) is 2.87. The molecule has 0 aliphatic heterocycles. The number of amides is 1. The standard InChI is InChI=1S/C21H20N4O/c26-21(20-16-25(23-22-20)19-11-5-2-6-12-19)24(18-13-14-18)15-7-10-17-8-3-1-4-9-17/h1-12,16,18H,13-15H2/b10-7+. The molecule has 4 rings (SSSR count). The molecule has 3 aromatic rings. The molecule has 1 heterocycles. The van der Waals surface area contributed by atoms with Gasteiger partial charge in [0.2, 0.25) is 0 Å². The van der Waals surface area contributed by atoms with Gasteiger partial charge in [-0.2, -0.15) is 0 Å². The Morgan fingerprint density at radius 3 is 2.46 bits per heavy atom. The highest BCUT2D eigenvalue weighted by molar-refractivity contribution is 5.92. The van der Waals surface area contributed by atoms with Crippen molar-refractivity contribution in [3.63, 3.8) is 0 Å². The predicted molar refractivity (Wildman–Crippen MR) is 101 cm³/mol. The summed E-state index contributed by atoms with van der Waals surface area (Å²) in [5, 5.41) is 8.19. The van der Waals surface area contributed by atoms with E-state index in [2.05, 4.69) is 10.3 Å². The maximum absolute atomic E-state index is 12.9. The van der Waals surface area contributed by atoms with Crippen molar-refractivity contribution < 1.29 is 4.79 Å². The topological polar surface area (TPSA) is 51.0 Å². The fourth-order valence-corrected chi connectivity index (χ4v) is 2.87. The van der Waals surface area contributed by atoms with Crippen LogP contribution < -0.4 is 0 Å². The zero-order chi connectivity index (χ0) is 17.8. The first kappa shape index (κ1) is 16.3. The maximum atomic E-state index is 12.9. The minimum atomic E-state index is -0.0626. The first-order chi connectivity index (χ1) is 12.8. The lowest BCUT2D eigenvalue weighted by Crippen LogP contribution is -2.33. The number of hydrogen-bond acceptors (Lipinski definition) is 3. The molecule has 0 bridgehead atoms. The first-order valence-electron chi connectivity index (χ1n) is 8.81. The first-order valence-corrected chi connectivity index (χ1v) is 8.81.